The first-order valence-corrected chi connectivity index (χ1v) is 8.30. The summed E-state index contributed by atoms with van der Waals surface area (Å²) in [7, 11) is 0. The molecule has 3 rings (SSSR count). The molecule has 0 aromatic rings. The second kappa shape index (κ2) is 4.74. The zero-order valence-electron chi connectivity index (χ0n) is 11.0. The number of nitrogens with zero attached hydrogens (tertiary/aromatic N) is 2. The molecule has 1 atom stereocenters. The van der Waals surface area contributed by atoms with Crippen LogP contribution < -0.4 is 0 Å². The first-order valence-electron chi connectivity index (χ1n) is 7.08. The van der Waals surface area contributed by atoms with E-state index >= 15 is 0 Å². The molecule has 0 radical (unpaired) electrons. The minimum absolute atomic E-state index is 0.166. The van der Waals surface area contributed by atoms with Gasteiger partial charge in [0, 0.05) is 17.0 Å². The Morgan fingerprint density at radius 3 is 2.72 bits per heavy atom. The normalized spacial score (nSPS) is 30.0. The van der Waals surface area contributed by atoms with E-state index in [0.717, 1.165) is 17.0 Å². The van der Waals surface area contributed by atoms with E-state index in [9.17, 15) is 5.26 Å². The molecule has 2 aliphatic carbocycles. The van der Waals surface area contributed by atoms with E-state index in [2.05, 4.69) is 12.3 Å². The molecule has 3 aliphatic rings. The minimum Gasteiger partial charge on any atom is -0.250 e. The van der Waals surface area contributed by atoms with Crippen LogP contribution in [0, 0.1) is 22.7 Å². The zero-order chi connectivity index (χ0) is 12.6. The van der Waals surface area contributed by atoms with Gasteiger partial charge < -0.3 is 0 Å². The largest absolute Gasteiger partial charge is 0.250 e. The lowest BCUT2D eigenvalue weighted by atomic mass is 9.60. The molecule has 3 heteroatoms. The molecule has 0 N–H and O–H groups in total. The summed E-state index contributed by atoms with van der Waals surface area (Å²) in [5.74, 6) is 0.586. The number of fused-ring (bicyclic) bond motifs is 2. The summed E-state index contributed by atoms with van der Waals surface area (Å²) in [6.45, 7) is 0. The van der Waals surface area contributed by atoms with Crippen molar-refractivity contribution < 1.29 is 0 Å². The summed E-state index contributed by atoms with van der Waals surface area (Å²) in [6.07, 6.45) is 12.1. The Morgan fingerprint density at radius 2 is 2.06 bits per heavy atom. The number of thioether (sulfide) groups is 1. The summed E-state index contributed by atoms with van der Waals surface area (Å²) in [6, 6.07) is 2.53. The van der Waals surface area contributed by atoms with Crippen molar-refractivity contribution in [3.05, 3.63) is 10.6 Å². The van der Waals surface area contributed by atoms with E-state index in [1.54, 1.807) is 11.8 Å². The van der Waals surface area contributed by atoms with Crippen molar-refractivity contribution in [1.29, 1.82) is 5.26 Å². The van der Waals surface area contributed by atoms with Crippen LogP contribution in [0.5, 0.6) is 0 Å². The standard InChI is InChI=1S/C15H20N2S/c1-18-14-12(10-16)15(8-3-2-4-9-15)11-6-5-7-13(11)17-14/h11H,2-9H2,1H3. The maximum atomic E-state index is 9.64. The predicted octanol–water partition coefficient (Wildman–Crippen LogP) is 4.29. The van der Waals surface area contributed by atoms with Crippen LogP contribution in [-0.4, -0.2) is 12.0 Å². The summed E-state index contributed by atoms with van der Waals surface area (Å²) in [5.41, 5.74) is 2.59. The van der Waals surface area contributed by atoms with Gasteiger partial charge in [0.05, 0.1) is 11.6 Å². The topological polar surface area (TPSA) is 36.1 Å². The fourth-order valence-corrected chi connectivity index (χ4v) is 4.88. The van der Waals surface area contributed by atoms with E-state index in [-0.39, 0.29) is 5.41 Å². The SMILES string of the molecule is CSC1=C(C#N)C2(CCCCC2)C2CCCC2=N1. The van der Waals surface area contributed by atoms with Crippen LogP contribution in [0.1, 0.15) is 51.4 Å². The Hall–Kier alpha value is -0.750. The van der Waals surface area contributed by atoms with Crippen LogP contribution in [0.4, 0.5) is 0 Å². The molecule has 1 heterocycles. The highest BCUT2D eigenvalue weighted by Crippen LogP contribution is 2.56. The van der Waals surface area contributed by atoms with Crippen molar-refractivity contribution in [3.63, 3.8) is 0 Å². The third-order valence-electron chi connectivity index (χ3n) is 5.00. The van der Waals surface area contributed by atoms with E-state index in [4.69, 9.17) is 4.99 Å². The first kappa shape index (κ1) is 12.3. The van der Waals surface area contributed by atoms with Gasteiger partial charge in [0.15, 0.2) is 0 Å². The van der Waals surface area contributed by atoms with Crippen molar-refractivity contribution in [1.82, 2.24) is 0 Å². The van der Waals surface area contributed by atoms with Crippen molar-refractivity contribution in [2.45, 2.75) is 51.4 Å². The molecule has 0 bridgehead atoms. The number of hydrogen-bond acceptors (Lipinski definition) is 3. The molecule has 1 spiro atoms. The predicted molar refractivity (Wildman–Crippen MR) is 76.4 cm³/mol. The molecular weight excluding hydrogens is 240 g/mol. The van der Waals surface area contributed by atoms with Gasteiger partial charge in [-0.05, 0) is 38.4 Å². The monoisotopic (exact) mass is 260 g/mol. The van der Waals surface area contributed by atoms with Gasteiger partial charge in [0.1, 0.15) is 5.03 Å². The van der Waals surface area contributed by atoms with Gasteiger partial charge in [-0.2, -0.15) is 5.26 Å². The molecule has 0 aromatic heterocycles. The van der Waals surface area contributed by atoms with Gasteiger partial charge in [-0.3, -0.25) is 0 Å². The molecule has 0 saturated heterocycles. The van der Waals surface area contributed by atoms with Crippen molar-refractivity contribution in [3.8, 4) is 6.07 Å². The fourth-order valence-electron chi connectivity index (χ4n) is 4.22. The third-order valence-corrected chi connectivity index (χ3v) is 5.68. The number of allylic oxidation sites excluding steroid dienone is 1. The molecule has 2 nitrogen and oxygen atoms in total. The molecule has 1 aliphatic heterocycles. The van der Waals surface area contributed by atoms with Crippen molar-refractivity contribution >= 4 is 17.5 Å². The molecule has 2 fully saturated rings. The van der Waals surface area contributed by atoms with Gasteiger partial charge in [-0.25, -0.2) is 4.99 Å². The average Bonchev–Trinajstić information content (AvgIpc) is 2.88. The number of nitriles is 1. The zero-order valence-corrected chi connectivity index (χ0v) is 11.9. The molecule has 2 saturated carbocycles. The Morgan fingerprint density at radius 1 is 1.28 bits per heavy atom. The Labute approximate surface area is 114 Å². The maximum absolute atomic E-state index is 9.64. The summed E-state index contributed by atoms with van der Waals surface area (Å²) < 4.78 is 0. The van der Waals surface area contributed by atoms with Gasteiger partial charge in [-0.15, -0.1) is 11.8 Å². The van der Waals surface area contributed by atoms with Crippen molar-refractivity contribution in [2.75, 3.05) is 6.26 Å². The van der Waals surface area contributed by atoms with Crippen LogP contribution >= 0.6 is 11.8 Å². The number of rotatable bonds is 1. The van der Waals surface area contributed by atoms with E-state index < -0.39 is 0 Å². The van der Waals surface area contributed by atoms with Gasteiger partial charge in [-0.1, -0.05) is 19.3 Å². The maximum Gasteiger partial charge on any atom is 0.110 e. The third kappa shape index (κ3) is 1.66. The van der Waals surface area contributed by atoms with E-state index in [1.165, 1.54) is 50.7 Å². The highest BCUT2D eigenvalue weighted by atomic mass is 32.2. The smallest absolute Gasteiger partial charge is 0.110 e. The first-order chi connectivity index (χ1) is 8.81. The minimum atomic E-state index is 0.166. The van der Waals surface area contributed by atoms with Gasteiger partial charge >= 0.3 is 0 Å². The molecule has 0 aromatic carbocycles. The molecule has 0 amide bonds. The number of aliphatic imine (C=N–C) groups is 1. The summed E-state index contributed by atoms with van der Waals surface area (Å²) >= 11 is 1.66. The molecule has 96 valence electrons. The van der Waals surface area contributed by atoms with Crippen LogP contribution in [0.25, 0.3) is 0 Å². The van der Waals surface area contributed by atoms with Crippen LogP contribution in [-0.2, 0) is 0 Å². The summed E-state index contributed by atoms with van der Waals surface area (Å²) in [4.78, 5) is 4.80. The highest BCUT2D eigenvalue weighted by Gasteiger charge is 2.49. The Balaban J connectivity index is 2.11. The van der Waals surface area contributed by atoms with Crippen LogP contribution in [0.3, 0.4) is 0 Å². The van der Waals surface area contributed by atoms with Gasteiger partial charge in [0.25, 0.3) is 0 Å². The number of hydrogen-bond donors (Lipinski definition) is 0. The lowest BCUT2D eigenvalue weighted by molar-refractivity contribution is 0.185. The van der Waals surface area contributed by atoms with Crippen molar-refractivity contribution in [2.24, 2.45) is 16.3 Å². The summed E-state index contributed by atoms with van der Waals surface area (Å²) in [5, 5.41) is 10.7. The molecule has 1 unspecified atom stereocenters. The Bertz CT molecular complexity index is 450. The lowest BCUT2D eigenvalue weighted by Gasteiger charge is -2.44. The van der Waals surface area contributed by atoms with Gasteiger partial charge in [0.2, 0.25) is 0 Å². The molecule has 18 heavy (non-hydrogen) atoms. The second-order valence-corrected chi connectivity index (χ2v) is 6.56. The quantitative estimate of drug-likeness (QED) is 0.705. The highest BCUT2D eigenvalue weighted by molar-refractivity contribution is 8.02. The van der Waals surface area contributed by atoms with E-state index in [0.29, 0.717) is 5.92 Å². The van der Waals surface area contributed by atoms with Crippen LogP contribution in [0.2, 0.25) is 0 Å². The molecular formula is C15H20N2S. The second-order valence-electron chi connectivity index (χ2n) is 5.76. The fraction of sp³-hybridized carbons (Fsp3) is 0.733. The van der Waals surface area contributed by atoms with Crippen LogP contribution in [0.15, 0.2) is 15.6 Å². The lowest BCUT2D eigenvalue weighted by Crippen LogP contribution is -2.39. The Kier molecular flexibility index (Phi) is 3.23. The van der Waals surface area contributed by atoms with E-state index in [1.807, 2.05) is 0 Å². The average molecular weight is 260 g/mol.